The maximum Gasteiger partial charge on any atom is 0.169 e. The number of rotatable bonds is 1. The fourth-order valence-electron chi connectivity index (χ4n) is 3.44. The lowest BCUT2D eigenvalue weighted by atomic mass is 9.84. The molecule has 4 unspecified atom stereocenters. The fraction of sp³-hybridized carbons (Fsp3) is 0.312. The first-order chi connectivity index (χ1) is 9.15. The molecule has 2 bridgehead atoms. The van der Waals surface area contributed by atoms with Crippen LogP contribution in [0.3, 0.4) is 0 Å². The Morgan fingerprint density at radius 3 is 2.79 bits per heavy atom. The van der Waals surface area contributed by atoms with Crippen molar-refractivity contribution >= 4 is 11.4 Å². The number of phenolic OH excluding ortho intramolecular Hbond substituents is 1. The van der Waals surface area contributed by atoms with Crippen molar-refractivity contribution in [1.29, 1.82) is 0 Å². The Morgan fingerprint density at radius 2 is 2.00 bits per heavy atom. The first kappa shape index (κ1) is 11.0. The molecule has 0 amide bonds. The number of hydrogen-bond acceptors (Lipinski definition) is 3. The van der Waals surface area contributed by atoms with Gasteiger partial charge in [-0.2, -0.15) is 0 Å². The highest BCUT2D eigenvalue weighted by Gasteiger charge is 2.52. The van der Waals surface area contributed by atoms with Gasteiger partial charge in [-0.1, -0.05) is 24.3 Å². The van der Waals surface area contributed by atoms with Gasteiger partial charge in [0.05, 0.1) is 18.1 Å². The van der Waals surface area contributed by atoms with E-state index < -0.39 is 0 Å². The molecule has 1 aromatic carbocycles. The summed E-state index contributed by atoms with van der Waals surface area (Å²) in [5.74, 6) is 0.449. The van der Waals surface area contributed by atoms with Gasteiger partial charge < -0.3 is 9.84 Å². The van der Waals surface area contributed by atoms with Gasteiger partial charge in [0.2, 0.25) is 0 Å². The van der Waals surface area contributed by atoms with Gasteiger partial charge in [-0.05, 0) is 30.2 Å². The second-order valence-electron chi connectivity index (χ2n) is 5.50. The van der Waals surface area contributed by atoms with E-state index in [4.69, 9.17) is 4.74 Å². The Hall–Kier alpha value is -1.87. The third kappa shape index (κ3) is 1.39. The number of allylic oxidation sites excluding steroid dienone is 1. The Labute approximate surface area is 111 Å². The van der Waals surface area contributed by atoms with Crippen LogP contribution in [0.25, 0.3) is 5.57 Å². The molecule has 96 valence electrons. The first-order valence-electron chi connectivity index (χ1n) is 6.55. The summed E-state index contributed by atoms with van der Waals surface area (Å²) in [6.07, 6.45) is 6.06. The molecule has 3 nitrogen and oxygen atoms in total. The molecule has 0 radical (unpaired) electrons. The topological polar surface area (TPSA) is 46.5 Å². The molecule has 0 aromatic heterocycles. The molecule has 1 aliphatic carbocycles. The van der Waals surface area contributed by atoms with Crippen molar-refractivity contribution in [1.82, 2.24) is 0 Å². The quantitative estimate of drug-likeness (QED) is 0.782. The van der Waals surface area contributed by atoms with E-state index in [2.05, 4.69) is 0 Å². The molecule has 4 rings (SSSR count). The van der Waals surface area contributed by atoms with Crippen molar-refractivity contribution in [2.75, 3.05) is 0 Å². The number of aromatic hydroxyl groups is 1. The molecule has 2 aliphatic heterocycles. The number of fused-ring (bicyclic) bond motifs is 5. The summed E-state index contributed by atoms with van der Waals surface area (Å²) < 4.78 is 5.72. The van der Waals surface area contributed by atoms with Crippen LogP contribution in [0.15, 0.2) is 36.4 Å². The number of carbonyl (C=O) groups is 1. The van der Waals surface area contributed by atoms with Gasteiger partial charge in [0.15, 0.2) is 5.78 Å². The van der Waals surface area contributed by atoms with Crippen LogP contribution in [0.5, 0.6) is 5.75 Å². The molecule has 3 heteroatoms. The van der Waals surface area contributed by atoms with Gasteiger partial charge in [-0.3, -0.25) is 4.79 Å². The highest BCUT2D eigenvalue weighted by Crippen LogP contribution is 2.48. The number of aryl methyl sites for hydroxylation is 1. The Morgan fingerprint density at radius 1 is 1.21 bits per heavy atom. The molecule has 2 heterocycles. The number of hydrogen-bond donors (Lipinski definition) is 1. The summed E-state index contributed by atoms with van der Waals surface area (Å²) >= 11 is 0. The van der Waals surface area contributed by atoms with Crippen molar-refractivity contribution in [2.45, 2.75) is 19.1 Å². The Kier molecular flexibility index (Phi) is 2.07. The van der Waals surface area contributed by atoms with Gasteiger partial charge in [0.25, 0.3) is 0 Å². The number of ketones is 1. The minimum absolute atomic E-state index is 0.0501. The van der Waals surface area contributed by atoms with E-state index in [-0.39, 0.29) is 35.6 Å². The number of phenols is 1. The molecule has 1 fully saturated rings. The van der Waals surface area contributed by atoms with Crippen LogP contribution in [0.4, 0.5) is 0 Å². The Bertz CT molecular complexity index is 641. The van der Waals surface area contributed by atoms with E-state index in [1.54, 1.807) is 12.1 Å². The smallest absolute Gasteiger partial charge is 0.169 e. The van der Waals surface area contributed by atoms with Crippen LogP contribution in [0.2, 0.25) is 0 Å². The van der Waals surface area contributed by atoms with Crippen molar-refractivity contribution < 1.29 is 14.6 Å². The van der Waals surface area contributed by atoms with Gasteiger partial charge in [0, 0.05) is 11.5 Å². The number of carbonyl (C=O) groups excluding carboxylic acids is 1. The molecule has 0 spiro atoms. The summed E-state index contributed by atoms with van der Waals surface area (Å²) in [5, 5.41) is 9.63. The number of Topliss-reactive ketones (excluding diaryl/α,β-unsaturated/α-hetero) is 1. The van der Waals surface area contributed by atoms with Crippen molar-refractivity contribution in [3.63, 3.8) is 0 Å². The van der Waals surface area contributed by atoms with E-state index in [9.17, 15) is 9.90 Å². The molecule has 0 saturated carbocycles. The summed E-state index contributed by atoms with van der Waals surface area (Å²) in [6.45, 7) is 1.96. The van der Waals surface area contributed by atoms with Crippen LogP contribution >= 0.6 is 0 Å². The first-order valence-corrected chi connectivity index (χ1v) is 6.55. The molecule has 19 heavy (non-hydrogen) atoms. The summed E-state index contributed by atoms with van der Waals surface area (Å²) in [4.78, 5) is 12.6. The zero-order valence-electron chi connectivity index (χ0n) is 10.5. The zero-order valence-corrected chi connectivity index (χ0v) is 10.5. The second kappa shape index (κ2) is 3.58. The number of ether oxygens (including phenoxy) is 1. The summed E-state index contributed by atoms with van der Waals surface area (Å²) in [5.41, 5.74) is 2.60. The Balaban J connectivity index is 1.80. The van der Waals surface area contributed by atoms with Crippen LogP contribution in [-0.4, -0.2) is 23.1 Å². The summed E-state index contributed by atoms with van der Waals surface area (Å²) in [7, 11) is 0. The van der Waals surface area contributed by atoms with Gasteiger partial charge in [0.1, 0.15) is 5.75 Å². The van der Waals surface area contributed by atoms with Crippen molar-refractivity contribution in [3.8, 4) is 5.75 Å². The van der Waals surface area contributed by atoms with Crippen LogP contribution in [-0.2, 0) is 9.53 Å². The molecule has 3 aliphatic rings. The monoisotopic (exact) mass is 254 g/mol. The fourth-order valence-corrected chi connectivity index (χ4v) is 3.44. The number of benzene rings is 1. The standard InChI is InChI=1S/C16H14O3/c1-8-2-3-9(17)6-10(8)11-7-12-13-4-5-14(19-13)15(12)16(11)18/h2-7,12-15,17H,1H3. The molecule has 1 N–H and O–H groups in total. The molecule has 1 saturated heterocycles. The van der Waals surface area contributed by atoms with E-state index in [1.165, 1.54) is 0 Å². The zero-order chi connectivity index (χ0) is 13.1. The molecular weight excluding hydrogens is 240 g/mol. The van der Waals surface area contributed by atoms with E-state index >= 15 is 0 Å². The normalized spacial score (nSPS) is 34.8. The lowest BCUT2D eigenvalue weighted by Gasteiger charge is -2.14. The average Bonchev–Trinajstić information content (AvgIpc) is 3.05. The van der Waals surface area contributed by atoms with E-state index in [1.807, 2.05) is 31.2 Å². The predicted molar refractivity (Wildman–Crippen MR) is 70.6 cm³/mol. The van der Waals surface area contributed by atoms with E-state index in [0.717, 1.165) is 16.7 Å². The van der Waals surface area contributed by atoms with Gasteiger partial charge in [-0.15, -0.1) is 0 Å². The van der Waals surface area contributed by atoms with Crippen LogP contribution in [0, 0.1) is 18.8 Å². The minimum Gasteiger partial charge on any atom is -0.508 e. The van der Waals surface area contributed by atoms with Crippen molar-refractivity contribution in [2.24, 2.45) is 11.8 Å². The van der Waals surface area contributed by atoms with Crippen molar-refractivity contribution in [3.05, 3.63) is 47.6 Å². The highest BCUT2D eigenvalue weighted by molar-refractivity contribution is 6.25. The third-order valence-electron chi connectivity index (χ3n) is 4.39. The maximum absolute atomic E-state index is 12.6. The second-order valence-corrected chi connectivity index (χ2v) is 5.50. The minimum atomic E-state index is -0.0632. The maximum atomic E-state index is 12.6. The van der Waals surface area contributed by atoms with E-state index in [0.29, 0.717) is 0 Å². The SMILES string of the molecule is Cc1ccc(O)cc1C1=CC2C3C=CC(O3)C2C1=O. The largest absolute Gasteiger partial charge is 0.508 e. The van der Waals surface area contributed by atoms with Crippen LogP contribution in [0.1, 0.15) is 11.1 Å². The third-order valence-corrected chi connectivity index (χ3v) is 4.39. The highest BCUT2D eigenvalue weighted by atomic mass is 16.5. The molecule has 4 atom stereocenters. The van der Waals surface area contributed by atoms with Crippen LogP contribution < -0.4 is 0 Å². The molecular formula is C16H14O3. The lowest BCUT2D eigenvalue weighted by molar-refractivity contribution is -0.118. The van der Waals surface area contributed by atoms with Gasteiger partial charge in [-0.25, -0.2) is 0 Å². The predicted octanol–water partition coefficient (Wildman–Crippen LogP) is 2.24. The molecule has 1 aromatic rings. The lowest BCUT2D eigenvalue weighted by Crippen LogP contribution is -2.25. The summed E-state index contributed by atoms with van der Waals surface area (Å²) in [6, 6.07) is 5.17. The average molecular weight is 254 g/mol. The van der Waals surface area contributed by atoms with Gasteiger partial charge >= 0.3 is 0 Å².